The van der Waals surface area contributed by atoms with E-state index in [4.69, 9.17) is 11.6 Å². The molecule has 0 bridgehead atoms. The molecule has 0 spiro atoms. The fraction of sp³-hybridized carbons (Fsp3) is 0.833. The number of hydrogen-bond acceptors (Lipinski definition) is 3. The van der Waals surface area contributed by atoms with Crippen molar-refractivity contribution >= 4 is 49.8 Å². The zero-order chi connectivity index (χ0) is 9.57. The summed E-state index contributed by atoms with van der Waals surface area (Å²) in [6.07, 6.45) is 2.52. The van der Waals surface area contributed by atoms with Gasteiger partial charge < -0.3 is 0 Å². The van der Waals surface area contributed by atoms with Crippen LogP contribution in [0.3, 0.4) is 0 Å². The Hall–Kier alpha value is 0.640. The Bertz CT molecular complexity index is 305. The highest BCUT2D eigenvalue weighted by atomic mass is 127. The lowest BCUT2D eigenvalue weighted by Crippen LogP contribution is -2.35. The summed E-state index contributed by atoms with van der Waals surface area (Å²) < 4.78 is 20.4. The summed E-state index contributed by atoms with van der Waals surface area (Å²) in [5, 5.41) is 0. The van der Waals surface area contributed by atoms with Crippen LogP contribution >= 0.6 is 34.2 Å². The van der Waals surface area contributed by atoms with Gasteiger partial charge in [0.15, 0.2) is 15.6 Å². The Morgan fingerprint density at radius 1 is 1.58 bits per heavy atom. The Labute approximate surface area is 89.9 Å². The van der Waals surface area contributed by atoms with Gasteiger partial charge in [0.25, 0.3) is 2.21 Å². The van der Waals surface area contributed by atoms with Crippen molar-refractivity contribution in [1.29, 1.82) is 0 Å². The third-order valence-electron chi connectivity index (χ3n) is 1.70. The highest BCUT2D eigenvalue weighted by molar-refractivity contribution is 14.1. The molecule has 0 saturated heterocycles. The van der Waals surface area contributed by atoms with Crippen LogP contribution in [-0.4, -0.2) is 22.7 Å². The van der Waals surface area contributed by atoms with Crippen LogP contribution < -0.4 is 0 Å². The van der Waals surface area contributed by atoms with Crippen LogP contribution in [0.15, 0.2) is 0 Å². The van der Waals surface area contributed by atoms with Crippen molar-refractivity contribution in [2.24, 2.45) is 5.92 Å². The van der Waals surface area contributed by atoms with Crippen LogP contribution in [-0.2, 0) is 14.6 Å². The van der Waals surface area contributed by atoms with E-state index in [0.29, 0.717) is 0 Å². The van der Waals surface area contributed by atoms with E-state index in [1.54, 1.807) is 0 Å². The smallest absolute Gasteiger partial charge is 0.252 e. The molecule has 0 N–H and O–H groups in total. The maximum Gasteiger partial charge on any atom is 0.252 e. The van der Waals surface area contributed by atoms with Gasteiger partial charge in [0.1, 0.15) is 0 Å². The van der Waals surface area contributed by atoms with Crippen molar-refractivity contribution in [3.8, 4) is 0 Å². The number of alkyl halides is 2. The number of rotatable bonds is 3. The van der Waals surface area contributed by atoms with E-state index in [9.17, 15) is 13.2 Å². The molecule has 1 aliphatic rings. The summed E-state index contributed by atoms with van der Waals surface area (Å²) in [6.45, 7) is 0. The lowest BCUT2D eigenvalue weighted by molar-refractivity contribution is -0.118. The third kappa shape index (κ3) is 1.93. The van der Waals surface area contributed by atoms with Crippen molar-refractivity contribution in [2.45, 2.75) is 15.1 Å². The average molecular weight is 323 g/mol. The number of carbonyl (C=O) groups excluding carboxylic acids is 1. The first kappa shape index (κ1) is 10.7. The molecule has 0 amide bonds. The molecule has 1 saturated carbocycles. The largest absolute Gasteiger partial charge is 0.295 e. The lowest BCUT2D eigenvalue weighted by Gasteiger charge is -2.15. The number of hydrogen-bond donors (Lipinski definition) is 0. The van der Waals surface area contributed by atoms with Gasteiger partial charge in [0.2, 0.25) is 0 Å². The van der Waals surface area contributed by atoms with Gasteiger partial charge in [-0.05, 0) is 35.4 Å². The summed E-state index contributed by atoms with van der Waals surface area (Å²) >= 11 is 7.14. The van der Waals surface area contributed by atoms with Gasteiger partial charge >= 0.3 is 0 Å². The van der Waals surface area contributed by atoms with Gasteiger partial charge in [0, 0.05) is 12.2 Å². The summed E-state index contributed by atoms with van der Waals surface area (Å²) in [4.78, 5) is 11.4. The molecule has 3 nitrogen and oxygen atoms in total. The molecule has 0 radical (unpaired) electrons. The summed E-state index contributed by atoms with van der Waals surface area (Å²) in [5.41, 5.74) is 0. The first-order chi connectivity index (χ1) is 5.27. The number of halogens is 2. The van der Waals surface area contributed by atoms with Gasteiger partial charge in [0.05, 0.1) is 0 Å². The van der Waals surface area contributed by atoms with E-state index in [1.165, 1.54) is 22.6 Å². The molecule has 0 aromatic rings. The van der Waals surface area contributed by atoms with E-state index >= 15 is 0 Å². The van der Waals surface area contributed by atoms with Gasteiger partial charge in [-0.15, -0.1) is 0 Å². The maximum absolute atomic E-state index is 11.4. The predicted octanol–water partition coefficient (Wildman–Crippen LogP) is 1.34. The number of sulfone groups is 1. The highest BCUT2D eigenvalue weighted by Gasteiger charge is 2.49. The van der Waals surface area contributed by atoms with E-state index in [0.717, 1.165) is 19.1 Å². The van der Waals surface area contributed by atoms with Crippen molar-refractivity contribution in [1.82, 2.24) is 0 Å². The molecule has 0 unspecified atom stereocenters. The average Bonchev–Trinajstić information content (AvgIpc) is 2.64. The molecular weight excluding hydrogens is 314 g/mol. The third-order valence-corrected chi connectivity index (χ3v) is 6.79. The highest BCUT2D eigenvalue weighted by Crippen LogP contribution is 2.42. The van der Waals surface area contributed by atoms with E-state index < -0.39 is 12.1 Å². The minimum atomic E-state index is -3.50. The molecule has 0 aromatic carbocycles. The van der Waals surface area contributed by atoms with Gasteiger partial charge in [-0.3, -0.25) is 4.79 Å². The lowest BCUT2D eigenvalue weighted by atomic mass is 10.3. The van der Waals surface area contributed by atoms with Crippen LogP contribution in [0.1, 0.15) is 12.8 Å². The normalized spacial score (nSPS) is 23.2. The molecular formula is C6H8ClIO3S. The van der Waals surface area contributed by atoms with Crippen LogP contribution in [0.5, 0.6) is 0 Å². The van der Waals surface area contributed by atoms with Crippen LogP contribution in [0, 0.1) is 5.92 Å². The summed E-state index contributed by atoms with van der Waals surface area (Å²) in [6, 6.07) is 0. The van der Waals surface area contributed by atoms with E-state index in [2.05, 4.69) is 0 Å². The molecule has 6 heteroatoms. The Morgan fingerprint density at radius 3 is 2.25 bits per heavy atom. The molecule has 1 rings (SSSR count). The molecule has 12 heavy (non-hydrogen) atoms. The predicted molar refractivity (Wildman–Crippen MR) is 55.2 cm³/mol. The van der Waals surface area contributed by atoms with Crippen molar-refractivity contribution in [3.05, 3.63) is 0 Å². The fourth-order valence-corrected chi connectivity index (χ4v) is 1.89. The van der Waals surface area contributed by atoms with Gasteiger partial charge in [-0.1, -0.05) is 11.6 Å². The van der Waals surface area contributed by atoms with Crippen LogP contribution in [0.4, 0.5) is 0 Å². The number of carbonyl (C=O) groups is 1. The quantitative estimate of drug-likeness (QED) is 0.582. The molecule has 0 aromatic heterocycles. The van der Waals surface area contributed by atoms with Crippen LogP contribution in [0.25, 0.3) is 0 Å². The van der Waals surface area contributed by atoms with Crippen molar-refractivity contribution < 1.29 is 13.2 Å². The molecule has 1 fully saturated rings. The topological polar surface area (TPSA) is 51.2 Å². The Balaban J connectivity index is 2.91. The molecule has 70 valence electrons. The first-order valence-electron chi connectivity index (χ1n) is 3.38. The van der Waals surface area contributed by atoms with Crippen molar-refractivity contribution in [2.75, 3.05) is 6.26 Å². The standard InChI is InChI=1S/C6H8ClIO3S/c1-12(10,11)6(7,8)5(9)4-2-3-4/h4H,2-3H2,1H3/t6-/m0/s1. The zero-order valence-corrected chi connectivity index (χ0v) is 10.1. The molecule has 0 aliphatic heterocycles. The zero-order valence-electron chi connectivity index (χ0n) is 6.38. The minimum Gasteiger partial charge on any atom is -0.295 e. The number of ketones is 1. The SMILES string of the molecule is CS(=O)(=O)[C@@](Cl)(I)C(=O)C1CC1. The van der Waals surface area contributed by atoms with Crippen molar-refractivity contribution in [3.63, 3.8) is 0 Å². The minimum absolute atomic E-state index is 0.130. The molecule has 1 aliphatic carbocycles. The Kier molecular flexibility index (Phi) is 2.76. The Morgan fingerprint density at radius 2 is 2.00 bits per heavy atom. The van der Waals surface area contributed by atoms with Gasteiger partial charge in [-0.2, -0.15) is 0 Å². The molecule has 0 heterocycles. The molecule has 1 atom stereocenters. The van der Waals surface area contributed by atoms with Gasteiger partial charge in [-0.25, -0.2) is 8.42 Å². The summed E-state index contributed by atoms with van der Waals surface area (Å²) in [5.74, 6) is -0.499. The maximum atomic E-state index is 11.4. The monoisotopic (exact) mass is 322 g/mol. The second kappa shape index (κ2) is 3.09. The van der Waals surface area contributed by atoms with Crippen LogP contribution in [0.2, 0.25) is 0 Å². The number of Topliss-reactive ketones (excluding diaryl/α,β-unsaturated/α-hetero) is 1. The first-order valence-corrected chi connectivity index (χ1v) is 6.73. The second-order valence-electron chi connectivity index (χ2n) is 2.93. The fourth-order valence-electron chi connectivity index (χ4n) is 0.766. The second-order valence-corrected chi connectivity index (χ2v) is 8.86. The van der Waals surface area contributed by atoms with E-state index in [1.807, 2.05) is 0 Å². The van der Waals surface area contributed by atoms with E-state index in [-0.39, 0.29) is 11.7 Å². The summed E-state index contributed by atoms with van der Waals surface area (Å²) in [7, 11) is -3.50.